The summed E-state index contributed by atoms with van der Waals surface area (Å²) in [6.45, 7) is 1.14. The zero-order chi connectivity index (χ0) is 13.2. The second-order valence-electron chi connectivity index (χ2n) is 4.67. The van der Waals surface area contributed by atoms with Gasteiger partial charge in [-0.05, 0) is 25.0 Å². The summed E-state index contributed by atoms with van der Waals surface area (Å²) in [5, 5.41) is 16.3. The standard InChI is InChI=1S/C13H15N3O3/c17-9-3-5-16(6-4-9)13(18)11-8-10(14-15-11)12-2-1-7-19-12/h1-2,7-9,17H,3-6H2,(H,14,15). The van der Waals surface area contributed by atoms with Gasteiger partial charge < -0.3 is 14.4 Å². The number of hydrogen-bond donors (Lipinski definition) is 2. The molecule has 0 bridgehead atoms. The number of piperidine rings is 1. The lowest BCUT2D eigenvalue weighted by Gasteiger charge is -2.28. The molecule has 0 aliphatic carbocycles. The van der Waals surface area contributed by atoms with E-state index in [-0.39, 0.29) is 12.0 Å². The molecule has 0 saturated carbocycles. The van der Waals surface area contributed by atoms with E-state index in [1.165, 1.54) is 0 Å². The number of likely N-dealkylation sites (tertiary alicyclic amines) is 1. The molecule has 19 heavy (non-hydrogen) atoms. The Kier molecular flexibility index (Phi) is 3.08. The van der Waals surface area contributed by atoms with E-state index in [9.17, 15) is 9.90 Å². The fraction of sp³-hybridized carbons (Fsp3) is 0.385. The van der Waals surface area contributed by atoms with E-state index in [4.69, 9.17) is 4.42 Å². The predicted octanol–water partition coefficient (Wildman–Crippen LogP) is 1.27. The number of carbonyl (C=O) groups excluding carboxylic acids is 1. The van der Waals surface area contributed by atoms with Crippen molar-refractivity contribution in [2.75, 3.05) is 13.1 Å². The van der Waals surface area contributed by atoms with Gasteiger partial charge in [0.2, 0.25) is 0 Å². The van der Waals surface area contributed by atoms with Gasteiger partial charge in [0.1, 0.15) is 5.69 Å². The Morgan fingerprint density at radius 2 is 2.26 bits per heavy atom. The van der Waals surface area contributed by atoms with Gasteiger partial charge in [0.25, 0.3) is 5.91 Å². The maximum Gasteiger partial charge on any atom is 0.274 e. The number of nitrogens with zero attached hydrogens (tertiary/aromatic N) is 2. The average molecular weight is 261 g/mol. The summed E-state index contributed by atoms with van der Waals surface area (Å²) in [5.74, 6) is 0.543. The fourth-order valence-electron chi connectivity index (χ4n) is 2.22. The van der Waals surface area contributed by atoms with Crippen LogP contribution in [0.1, 0.15) is 23.3 Å². The molecule has 0 atom stereocenters. The molecule has 0 radical (unpaired) electrons. The Bertz CT molecular complexity index is 553. The molecule has 2 aromatic rings. The van der Waals surface area contributed by atoms with Gasteiger partial charge in [-0.25, -0.2) is 0 Å². The summed E-state index contributed by atoms with van der Waals surface area (Å²) in [7, 11) is 0. The van der Waals surface area contributed by atoms with Crippen molar-refractivity contribution in [2.45, 2.75) is 18.9 Å². The Balaban J connectivity index is 1.74. The van der Waals surface area contributed by atoms with Gasteiger partial charge in [-0.2, -0.15) is 5.10 Å². The number of nitrogens with one attached hydrogen (secondary N) is 1. The van der Waals surface area contributed by atoms with Crippen LogP contribution in [0.2, 0.25) is 0 Å². The van der Waals surface area contributed by atoms with Crippen LogP contribution < -0.4 is 0 Å². The minimum atomic E-state index is -0.290. The molecule has 0 aromatic carbocycles. The fourth-order valence-corrected chi connectivity index (χ4v) is 2.22. The van der Waals surface area contributed by atoms with Crippen molar-refractivity contribution >= 4 is 5.91 Å². The number of carbonyl (C=O) groups is 1. The third-order valence-corrected chi connectivity index (χ3v) is 3.34. The van der Waals surface area contributed by atoms with Crippen LogP contribution in [-0.4, -0.2) is 45.3 Å². The molecule has 3 rings (SSSR count). The van der Waals surface area contributed by atoms with E-state index in [0.29, 0.717) is 43.1 Å². The number of aromatic amines is 1. The number of amides is 1. The van der Waals surface area contributed by atoms with Crippen molar-refractivity contribution in [3.63, 3.8) is 0 Å². The minimum absolute atomic E-state index is 0.110. The molecule has 1 fully saturated rings. The molecule has 2 N–H and O–H groups in total. The summed E-state index contributed by atoms with van der Waals surface area (Å²) < 4.78 is 5.24. The van der Waals surface area contributed by atoms with E-state index in [0.717, 1.165) is 0 Å². The molecule has 1 saturated heterocycles. The van der Waals surface area contributed by atoms with E-state index < -0.39 is 0 Å². The van der Waals surface area contributed by atoms with Gasteiger partial charge >= 0.3 is 0 Å². The zero-order valence-corrected chi connectivity index (χ0v) is 10.4. The number of rotatable bonds is 2. The normalized spacial score (nSPS) is 16.8. The zero-order valence-electron chi connectivity index (χ0n) is 10.4. The maximum absolute atomic E-state index is 12.2. The Morgan fingerprint density at radius 1 is 1.47 bits per heavy atom. The third kappa shape index (κ3) is 2.39. The highest BCUT2D eigenvalue weighted by molar-refractivity contribution is 5.93. The van der Waals surface area contributed by atoms with E-state index >= 15 is 0 Å². The molecular weight excluding hydrogens is 246 g/mol. The summed E-state index contributed by atoms with van der Waals surface area (Å²) in [4.78, 5) is 13.9. The summed E-state index contributed by atoms with van der Waals surface area (Å²) >= 11 is 0. The first kappa shape index (κ1) is 12.0. The lowest BCUT2D eigenvalue weighted by atomic mass is 10.1. The molecule has 1 aliphatic heterocycles. The molecule has 1 amide bonds. The minimum Gasteiger partial charge on any atom is -0.463 e. The van der Waals surface area contributed by atoms with Crippen LogP contribution >= 0.6 is 0 Å². The van der Waals surface area contributed by atoms with Crippen LogP contribution in [0.15, 0.2) is 28.9 Å². The van der Waals surface area contributed by atoms with Crippen LogP contribution in [0.3, 0.4) is 0 Å². The Morgan fingerprint density at radius 3 is 2.95 bits per heavy atom. The molecule has 1 aliphatic rings. The van der Waals surface area contributed by atoms with E-state index in [1.54, 1.807) is 29.4 Å². The van der Waals surface area contributed by atoms with Crippen LogP contribution in [-0.2, 0) is 0 Å². The molecule has 0 unspecified atom stereocenters. The monoisotopic (exact) mass is 261 g/mol. The summed E-state index contributed by atoms with van der Waals surface area (Å²) in [6, 6.07) is 5.27. The van der Waals surface area contributed by atoms with Gasteiger partial charge in [-0.1, -0.05) is 0 Å². The van der Waals surface area contributed by atoms with Crippen LogP contribution in [0.5, 0.6) is 0 Å². The highest BCUT2D eigenvalue weighted by Crippen LogP contribution is 2.19. The highest BCUT2D eigenvalue weighted by atomic mass is 16.3. The first-order valence-electron chi connectivity index (χ1n) is 6.30. The number of H-pyrrole nitrogens is 1. The van der Waals surface area contributed by atoms with Crippen LogP contribution in [0, 0.1) is 0 Å². The second kappa shape index (κ2) is 4.89. The number of aliphatic hydroxyl groups is 1. The average Bonchev–Trinajstić information content (AvgIpc) is 3.10. The molecule has 6 nitrogen and oxygen atoms in total. The SMILES string of the molecule is O=C(c1cc(-c2ccco2)[nH]n1)N1CCC(O)CC1. The molecular formula is C13H15N3O3. The van der Waals surface area contributed by atoms with Gasteiger partial charge in [0.15, 0.2) is 11.5 Å². The maximum atomic E-state index is 12.2. The lowest BCUT2D eigenvalue weighted by molar-refractivity contribution is 0.0541. The smallest absolute Gasteiger partial charge is 0.274 e. The summed E-state index contributed by atoms with van der Waals surface area (Å²) in [6.07, 6.45) is 2.54. The van der Waals surface area contributed by atoms with Crippen molar-refractivity contribution in [2.24, 2.45) is 0 Å². The first-order valence-corrected chi connectivity index (χ1v) is 6.30. The van der Waals surface area contributed by atoms with Gasteiger partial charge in [0, 0.05) is 19.2 Å². The van der Waals surface area contributed by atoms with Gasteiger partial charge in [-0.15, -0.1) is 0 Å². The third-order valence-electron chi connectivity index (χ3n) is 3.34. The van der Waals surface area contributed by atoms with E-state index in [2.05, 4.69) is 10.2 Å². The topological polar surface area (TPSA) is 82.4 Å². The quantitative estimate of drug-likeness (QED) is 0.852. The molecule has 3 heterocycles. The highest BCUT2D eigenvalue weighted by Gasteiger charge is 2.24. The lowest BCUT2D eigenvalue weighted by Crippen LogP contribution is -2.40. The van der Waals surface area contributed by atoms with Crippen molar-refractivity contribution in [3.8, 4) is 11.5 Å². The molecule has 6 heteroatoms. The van der Waals surface area contributed by atoms with Gasteiger partial charge in [-0.3, -0.25) is 9.89 Å². The Labute approximate surface area is 110 Å². The largest absolute Gasteiger partial charge is 0.463 e. The molecule has 100 valence electrons. The first-order chi connectivity index (χ1) is 9.24. The van der Waals surface area contributed by atoms with Crippen molar-refractivity contribution in [1.82, 2.24) is 15.1 Å². The van der Waals surface area contributed by atoms with Crippen molar-refractivity contribution in [3.05, 3.63) is 30.2 Å². The number of hydrogen-bond acceptors (Lipinski definition) is 4. The second-order valence-corrected chi connectivity index (χ2v) is 4.67. The van der Waals surface area contributed by atoms with E-state index in [1.807, 2.05) is 0 Å². The van der Waals surface area contributed by atoms with Crippen molar-refractivity contribution in [1.29, 1.82) is 0 Å². The Hall–Kier alpha value is -2.08. The predicted molar refractivity (Wildman–Crippen MR) is 67.4 cm³/mol. The number of furan rings is 1. The summed E-state index contributed by atoms with van der Waals surface area (Å²) in [5.41, 5.74) is 1.06. The number of aliphatic hydroxyl groups excluding tert-OH is 1. The van der Waals surface area contributed by atoms with Crippen molar-refractivity contribution < 1.29 is 14.3 Å². The van der Waals surface area contributed by atoms with Crippen LogP contribution in [0.25, 0.3) is 11.5 Å². The molecule has 2 aromatic heterocycles. The molecule has 0 spiro atoms. The number of aromatic nitrogens is 2. The van der Waals surface area contributed by atoms with Crippen LogP contribution in [0.4, 0.5) is 0 Å². The van der Waals surface area contributed by atoms with Gasteiger partial charge in [0.05, 0.1) is 12.4 Å².